The molecule has 4 heteroatoms. The molecule has 0 aliphatic heterocycles. The van der Waals surface area contributed by atoms with Crippen molar-refractivity contribution in [3.63, 3.8) is 0 Å². The molecule has 0 aliphatic rings. The maximum atomic E-state index is 12.3. The molecule has 3 rings (SSSR count). The van der Waals surface area contributed by atoms with Crippen molar-refractivity contribution < 1.29 is 4.79 Å². The maximum Gasteiger partial charge on any atom is 0.339 e. The zero-order valence-corrected chi connectivity index (χ0v) is 10.6. The number of carbonyl (C=O) groups is 1. The SMILES string of the molecule is O=Cn1cc(-c2ccccc2)n(-c2ccccc2)c1=O. The highest BCUT2D eigenvalue weighted by atomic mass is 16.2. The Bertz CT molecular complexity index is 786. The second kappa shape index (κ2) is 5.01. The number of aromatic nitrogens is 2. The number of hydrogen-bond acceptors (Lipinski definition) is 2. The minimum Gasteiger partial charge on any atom is -0.278 e. The summed E-state index contributed by atoms with van der Waals surface area (Å²) >= 11 is 0. The van der Waals surface area contributed by atoms with Gasteiger partial charge in [0.15, 0.2) is 0 Å². The predicted molar refractivity (Wildman–Crippen MR) is 77.6 cm³/mol. The molecule has 0 bridgehead atoms. The average Bonchev–Trinajstić information content (AvgIpc) is 2.86. The van der Waals surface area contributed by atoms with Crippen molar-refractivity contribution in [2.45, 2.75) is 0 Å². The zero-order valence-electron chi connectivity index (χ0n) is 10.6. The molecule has 20 heavy (non-hydrogen) atoms. The third-order valence-electron chi connectivity index (χ3n) is 3.11. The predicted octanol–water partition coefficient (Wildman–Crippen LogP) is 2.34. The van der Waals surface area contributed by atoms with Crippen LogP contribution in [-0.4, -0.2) is 15.5 Å². The van der Waals surface area contributed by atoms with Crippen molar-refractivity contribution in [1.82, 2.24) is 9.13 Å². The van der Waals surface area contributed by atoms with E-state index in [-0.39, 0.29) is 5.69 Å². The van der Waals surface area contributed by atoms with Gasteiger partial charge in [0.2, 0.25) is 6.41 Å². The first-order chi connectivity index (χ1) is 9.81. The minimum atomic E-state index is -0.370. The normalized spacial score (nSPS) is 10.4. The number of carbonyl (C=O) groups excluding carboxylic acids is 1. The Morgan fingerprint density at radius 1 is 0.850 bits per heavy atom. The highest BCUT2D eigenvalue weighted by molar-refractivity contribution is 5.65. The molecule has 0 saturated heterocycles. The summed E-state index contributed by atoms with van der Waals surface area (Å²) in [6, 6.07) is 18.8. The molecule has 0 spiro atoms. The zero-order chi connectivity index (χ0) is 13.9. The smallest absolute Gasteiger partial charge is 0.278 e. The average molecular weight is 264 g/mol. The second-order valence-corrected chi connectivity index (χ2v) is 4.35. The topological polar surface area (TPSA) is 44.0 Å². The molecule has 0 N–H and O–H groups in total. The molecule has 1 aromatic heterocycles. The maximum absolute atomic E-state index is 12.3. The van der Waals surface area contributed by atoms with Crippen LogP contribution in [0.2, 0.25) is 0 Å². The van der Waals surface area contributed by atoms with E-state index in [1.54, 1.807) is 6.20 Å². The fourth-order valence-electron chi connectivity index (χ4n) is 2.18. The fourth-order valence-corrected chi connectivity index (χ4v) is 2.18. The van der Waals surface area contributed by atoms with Crippen molar-refractivity contribution in [3.8, 4) is 16.9 Å². The van der Waals surface area contributed by atoms with Gasteiger partial charge < -0.3 is 0 Å². The summed E-state index contributed by atoms with van der Waals surface area (Å²) in [7, 11) is 0. The summed E-state index contributed by atoms with van der Waals surface area (Å²) in [6.07, 6.45) is 2.08. The Kier molecular flexibility index (Phi) is 3.05. The monoisotopic (exact) mass is 264 g/mol. The van der Waals surface area contributed by atoms with Gasteiger partial charge in [-0.3, -0.25) is 9.36 Å². The molecule has 98 valence electrons. The van der Waals surface area contributed by atoms with Crippen LogP contribution < -0.4 is 5.69 Å². The van der Waals surface area contributed by atoms with Gasteiger partial charge in [-0.1, -0.05) is 48.5 Å². The van der Waals surface area contributed by atoms with Crippen LogP contribution in [0.5, 0.6) is 0 Å². The Morgan fingerprint density at radius 2 is 1.45 bits per heavy atom. The van der Waals surface area contributed by atoms with Gasteiger partial charge in [-0.2, -0.15) is 0 Å². The van der Waals surface area contributed by atoms with Gasteiger partial charge in [0, 0.05) is 11.8 Å². The standard InChI is InChI=1S/C16H12N2O2/c19-12-17-11-15(13-7-3-1-4-8-13)18(16(17)20)14-9-5-2-6-10-14/h1-12H. The van der Waals surface area contributed by atoms with Crippen molar-refractivity contribution in [2.24, 2.45) is 0 Å². The Morgan fingerprint density at radius 3 is 2.05 bits per heavy atom. The lowest BCUT2D eigenvalue weighted by Crippen LogP contribution is -2.22. The van der Waals surface area contributed by atoms with Crippen LogP contribution in [0.15, 0.2) is 71.7 Å². The number of rotatable bonds is 3. The summed E-state index contributed by atoms with van der Waals surface area (Å²) in [5, 5.41) is 0. The molecular formula is C16H12N2O2. The molecule has 0 unspecified atom stereocenters. The van der Waals surface area contributed by atoms with Crippen LogP contribution in [0, 0.1) is 0 Å². The largest absolute Gasteiger partial charge is 0.339 e. The van der Waals surface area contributed by atoms with Crippen molar-refractivity contribution in [3.05, 3.63) is 77.3 Å². The van der Waals surface area contributed by atoms with Crippen LogP contribution in [0.25, 0.3) is 16.9 Å². The number of benzene rings is 2. The Balaban J connectivity index is 2.31. The van der Waals surface area contributed by atoms with E-state index in [1.807, 2.05) is 60.7 Å². The van der Waals surface area contributed by atoms with E-state index < -0.39 is 0 Å². The highest BCUT2D eigenvalue weighted by Gasteiger charge is 2.13. The molecule has 0 saturated carbocycles. The summed E-state index contributed by atoms with van der Waals surface area (Å²) < 4.78 is 2.58. The second-order valence-electron chi connectivity index (χ2n) is 4.35. The third kappa shape index (κ3) is 1.97. The van der Waals surface area contributed by atoms with Crippen LogP contribution in [0.3, 0.4) is 0 Å². The van der Waals surface area contributed by atoms with Gasteiger partial charge in [-0.15, -0.1) is 0 Å². The highest BCUT2D eigenvalue weighted by Crippen LogP contribution is 2.20. The van der Waals surface area contributed by atoms with Crippen molar-refractivity contribution in [2.75, 3.05) is 0 Å². The van der Waals surface area contributed by atoms with Crippen molar-refractivity contribution >= 4 is 6.41 Å². The first-order valence-corrected chi connectivity index (χ1v) is 6.21. The van der Waals surface area contributed by atoms with E-state index in [9.17, 15) is 9.59 Å². The molecule has 0 fully saturated rings. The van der Waals surface area contributed by atoms with Gasteiger partial charge >= 0.3 is 5.69 Å². The number of nitrogens with zero attached hydrogens (tertiary/aromatic N) is 2. The lowest BCUT2D eigenvalue weighted by molar-refractivity contribution is 0.545. The quantitative estimate of drug-likeness (QED) is 0.681. The fraction of sp³-hybridized carbons (Fsp3) is 0. The van der Waals surface area contributed by atoms with Crippen LogP contribution >= 0.6 is 0 Å². The molecule has 0 atom stereocenters. The number of imidazole rings is 1. The van der Waals surface area contributed by atoms with Crippen molar-refractivity contribution in [1.29, 1.82) is 0 Å². The lowest BCUT2D eigenvalue weighted by Gasteiger charge is -2.06. The van der Waals surface area contributed by atoms with Gasteiger partial charge in [0.05, 0.1) is 11.4 Å². The third-order valence-corrected chi connectivity index (χ3v) is 3.11. The van der Waals surface area contributed by atoms with Gasteiger partial charge in [0.1, 0.15) is 0 Å². The summed E-state index contributed by atoms with van der Waals surface area (Å²) in [6.45, 7) is 0. The summed E-state index contributed by atoms with van der Waals surface area (Å²) in [4.78, 5) is 23.3. The number of para-hydroxylation sites is 1. The van der Waals surface area contributed by atoms with E-state index in [0.717, 1.165) is 15.8 Å². The van der Waals surface area contributed by atoms with Gasteiger partial charge in [0.25, 0.3) is 0 Å². The molecule has 3 aromatic rings. The first kappa shape index (κ1) is 12.2. The van der Waals surface area contributed by atoms with E-state index in [1.165, 1.54) is 4.57 Å². The van der Waals surface area contributed by atoms with Crippen LogP contribution in [-0.2, 0) is 4.79 Å². The molecule has 0 radical (unpaired) electrons. The summed E-state index contributed by atoms with van der Waals surface area (Å²) in [5.41, 5.74) is 1.94. The Labute approximate surface area is 115 Å². The number of hydrogen-bond donors (Lipinski definition) is 0. The Hall–Kier alpha value is -2.88. The molecular weight excluding hydrogens is 252 g/mol. The van der Waals surface area contributed by atoms with Gasteiger partial charge in [-0.25, -0.2) is 9.36 Å². The van der Waals surface area contributed by atoms with Crippen LogP contribution in [0.1, 0.15) is 0 Å². The van der Waals surface area contributed by atoms with E-state index in [2.05, 4.69) is 0 Å². The van der Waals surface area contributed by atoms with E-state index in [4.69, 9.17) is 0 Å². The molecule has 0 aliphatic carbocycles. The minimum absolute atomic E-state index is 0.370. The molecule has 1 heterocycles. The molecule has 0 amide bonds. The van der Waals surface area contributed by atoms with E-state index >= 15 is 0 Å². The van der Waals surface area contributed by atoms with Gasteiger partial charge in [-0.05, 0) is 12.1 Å². The molecule has 2 aromatic carbocycles. The molecule has 4 nitrogen and oxygen atoms in total. The summed E-state index contributed by atoms with van der Waals surface area (Å²) in [5.74, 6) is 0. The van der Waals surface area contributed by atoms with Crippen LogP contribution in [0.4, 0.5) is 0 Å². The first-order valence-electron chi connectivity index (χ1n) is 6.21. The lowest BCUT2D eigenvalue weighted by atomic mass is 10.1. The van der Waals surface area contributed by atoms with E-state index in [0.29, 0.717) is 12.1 Å².